The average molecular weight is 324 g/mol. The van der Waals surface area contributed by atoms with Crippen LogP contribution in [0.5, 0.6) is 0 Å². The lowest BCUT2D eigenvalue weighted by molar-refractivity contribution is -0.313. The molecule has 2 rings (SSSR count). The van der Waals surface area contributed by atoms with Crippen LogP contribution in [0, 0.1) is 18.8 Å². The third kappa shape index (κ3) is 3.47. The van der Waals surface area contributed by atoms with Crippen LogP contribution in [0.1, 0.15) is 40.9 Å². The van der Waals surface area contributed by atoms with E-state index in [1.165, 1.54) is 18.4 Å². The van der Waals surface area contributed by atoms with Gasteiger partial charge in [-0.3, -0.25) is 4.79 Å². The van der Waals surface area contributed by atoms with Gasteiger partial charge in [0.2, 0.25) is 5.91 Å². The molecule has 1 amide bonds. The normalized spacial score (nSPS) is 21.2. The molecule has 1 aliphatic carbocycles. The van der Waals surface area contributed by atoms with Crippen LogP contribution in [-0.4, -0.2) is 25.0 Å². The van der Waals surface area contributed by atoms with Gasteiger partial charge in [-0.25, -0.2) is 4.79 Å². The number of hydrogen-bond acceptors (Lipinski definition) is 6. The lowest BCUT2D eigenvalue weighted by atomic mass is 9.79. The number of ether oxygens (including phenoxy) is 1. The highest BCUT2D eigenvalue weighted by molar-refractivity contribution is 7.16. The molecule has 0 aliphatic heterocycles. The largest absolute Gasteiger partial charge is 0.550 e. The van der Waals surface area contributed by atoms with Gasteiger partial charge in [0.25, 0.3) is 0 Å². The van der Waals surface area contributed by atoms with E-state index in [9.17, 15) is 19.5 Å². The van der Waals surface area contributed by atoms with E-state index in [0.717, 1.165) is 17.7 Å². The van der Waals surface area contributed by atoms with Crippen LogP contribution in [0.25, 0.3) is 0 Å². The van der Waals surface area contributed by atoms with E-state index < -0.39 is 23.8 Å². The summed E-state index contributed by atoms with van der Waals surface area (Å²) in [4.78, 5) is 36.2. The molecule has 0 aromatic carbocycles. The zero-order chi connectivity index (χ0) is 16.3. The first-order valence-corrected chi connectivity index (χ1v) is 7.96. The summed E-state index contributed by atoms with van der Waals surface area (Å²) in [5.41, 5.74) is 0.291. The molecule has 7 heteroatoms. The van der Waals surface area contributed by atoms with Crippen molar-refractivity contribution >= 4 is 34.2 Å². The quantitative estimate of drug-likeness (QED) is 0.843. The zero-order valence-electron chi connectivity index (χ0n) is 12.5. The maximum Gasteiger partial charge on any atom is 0.340 e. The summed E-state index contributed by atoms with van der Waals surface area (Å²) in [5.74, 6) is -3.47. The third-order valence-electron chi connectivity index (χ3n) is 3.90. The molecular formula is C15H18NO5S-. The first-order valence-electron chi connectivity index (χ1n) is 7.14. The van der Waals surface area contributed by atoms with Crippen LogP contribution in [0.4, 0.5) is 5.00 Å². The minimum Gasteiger partial charge on any atom is -0.550 e. The molecular weight excluding hydrogens is 306 g/mol. The van der Waals surface area contributed by atoms with E-state index in [-0.39, 0.29) is 5.91 Å². The van der Waals surface area contributed by atoms with Crippen LogP contribution in [0.2, 0.25) is 0 Å². The van der Waals surface area contributed by atoms with Crippen LogP contribution in [-0.2, 0) is 14.3 Å². The zero-order valence-corrected chi connectivity index (χ0v) is 13.3. The van der Waals surface area contributed by atoms with E-state index in [0.29, 0.717) is 23.4 Å². The van der Waals surface area contributed by atoms with Gasteiger partial charge in [0, 0.05) is 22.7 Å². The smallest absolute Gasteiger partial charge is 0.340 e. The Morgan fingerprint density at radius 1 is 1.27 bits per heavy atom. The number of hydrogen-bond donors (Lipinski definition) is 1. The summed E-state index contributed by atoms with van der Waals surface area (Å²) in [6.45, 7) is 1.82. The molecule has 1 heterocycles. The van der Waals surface area contributed by atoms with Crippen LogP contribution >= 0.6 is 11.3 Å². The Kier molecular flexibility index (Phi) is 5.18. The summed E-state index contributed by atoms with van der Waals surface area (Å²) in [6.07, 6.45) is 2.57. The van der Waals surface area contributed by atoms with Crippen molar-refractivity contribution in [1.29, 1.82) is 0 Å². The Morgan fingerprint density at radius 2 is 1.91 bits per heavy atom. The summed E-state index contributed by atoms with van der Waals surface area (Å²) in [5, 5.41) is 14.3. The molecule has 1 aliphatic rings. The van der Waals surface area contributed by atoms with Crippen molar-refractivity contribution in [2.45, 2.75) is 32.6 Å². The molecule has 6 nitrogen and oxygen atoms in total. The lowest BCUT2D eigenvalue weighted by Crippen LogP contribution is -2.42. The minimum atomic E-state index is -1.18. The number of thiophene rings is 1. The van der Waals surface area contributed by atoms with Gasteiger partial charge in [-0.2, -0.15) is 0 Å². The summed E-state index contributed by atoms with van der Waals surface area (Å²) in [7, 11) is 1.27. The number of carbonyl (C=O) groups excluding carboxylic acids is 3. The molecule has 1 aromatic heterocycles. The molecule has 0 spiro atoms. The SMILES string of the molecule is COC(=O)c1cc(C)sc1NC(=O)[C@@H]1CCCC[C@H]1C(=O)[O-]. The molecule has 0 radical (unpaired) electrons. The molecule has 22 heavy (non-hydrogen) atoms. The maximum atomic E-state index is 12.4. The van der Waals surface area contributed by atoms with E-state index in [1.54, 1.807) is 6.07 Å². The predicted octanol–water partition coefficient (Wildman–Crippen LogP) is 1.34. The molecule has 2 atom stereocenters. The van der Waals surface area contributed by atoms with Gasteiger partial charge in [-0.1, -0.05) is 12.8 Å². The number of carbonyl (C=O) groups is 3. The van der Waals surface area contributed by atoms with Crippen LogP contribution < -0.4 is 10.4 Å². The molecule has 0 bridgehead atoms. The lowest BCUT2D eigenvalue weighted by Gasteiger charge is -2.31. The Hall–Kier alpha value is -1.89. The van der Waals surface area contributed by atoms with Gasteiger partial charge >= 0.3 is 5.97 Å². The van der Waals surface area contributed by atoms with Gasteiger partial charge in [0.1, 0.15) is 5.00 Å². The maximum absolute atomic E-state index is 12.4. The molecule has 120 valence electrons. The number of nitrogens with one attached hydrogen (secondary N) is 1. The van der Waals surface area contributed by atoms with Crippen molar-refractivity contribution in [3.05, 3.63) is 16.5 Å². The number of rotatable bonds is 4. The number of methoxy groups -OCH3 is 1. The van der Waals surface area contributed by atoms with E-state index >= 15 is 0 Å². The predicted molar refractivity (Wildman–Crippen MR) is 79.5 cm³/mol. The first kappa shape index (κ1) is 16.5. The second kappa shape index (κ2) is 6.91. The summed E-state index contributed by atoms with van der Waals surface area (Å²) < 4.78 is 4.69. The number of carboxylic acids is 1. The average Bonchev–Trinajstić information content (AvgIpc) is 2.86. The second-order valence-electron chi connectivity index (χ2n) is 5.40. The molecule has 1 saturated carbocycles. The number of aryl methyl sites for hydroxylation is 1. The van der Waals surface area contributed by atoms with E-state index in [4.69, 9.17) is 0 Å². The van der Waals surface area contributed by atoms with E-state index in [2.05, 4.69) is 10.1 Å². The van der Waals surface area contributed by atoms with Crippen molar-refractivity contribution in [2.24, 2.45) is 11.8 Å². The highest BCUT2D eigenvalue weighted by Crippen LogP contribution is 2.33. The summed E-state index contributed by atoms with van der Waals surface area (Å²) in [6, 6.07) is 1.64. The number of anilines is 1. The van der Waals surface area contributed by atoms with Crippen molar-refractivity contribution in [3.63, 3.8) is 0 Å². The van der Waals surface area contributed by atoms with Crippen molar-refractivity contribution < 1.29 is 24.2 Å². The molecule has 1 aromatic rings. The van der Waals surface area contributed by atoms with Gasteiger partial charge in [-0.15, -0.1) is 11.3 Å². The topological polar surface area (TPSA) is 95.5 Å². The molecule has 0 saturated heterocycles. The van der Waals surface area contributed by atoms with Crippen LogP contribution in [0.3, 0.4) is 0 Å². The fourth-order valence-corrected chi connectivity index (χ4v) is 3.70. The minimum absolute atomic E-state index is 0.291. The molecule has 1 N–H and O–H groups in total. The number of carboxylic acid groups (broad SMARTS) is 1. The van der Waals surface area contributed by atoms with Crippen molar-refractivity contribution in [2.75, 3.05) is 12.4 Å². The Morgan fingerprint density at radius 3 is 2.50 bits per heavy atom. The van der Waals surface area contributed by atoms with Gasteiger partial charge in [0.15, 0.2) is 0 Å². The highest BCUT2D eigenvalue weighted by atomic mass is 32.1. The third-order valence-corrected chi connectivity index (χ3v) is 4.87. The van der Waals surface area contributed by atoms with Crippen molar-refractivity contribution in [3.8, 4) is 0 Å². The standard InChI is InChI=1S/C15H19NO5S/c1-8-7-11(15(20)21-2)13(22-8)16-12(17)9-5-3-4-6-10(9)14(18)19/h7,9-10H,3-6H2,1-2H3,(H,16,17)(H,18,19)/p-1/t9-,10-/m1/s1. The van der Waals surface area contributed by atoms with Crippen LogP contribution in [0.15, 0.2) is 6.07 Å². The van der Waals surface area contributed by atoms with Gasteiger partial charge < -0.3 is 20.0 Å². The Bertz CT molecular complexity index is 595. The summed E-state index contributed by atoms with van der Waals surface area (Å²) >= 11 is 1.26. The number of aliphatic carboxylic acids is 1. The second-order valence-corrected chi connectivity index (χ2v) is 6.65. The molecule has 0 unspecified atom stereocenters. The fourth-order valence-electron chi connectivity index (χ4n) is 2.80. The van der Waals surface area contributed by atoms with Gasteiger partial charge in [0.05, 0.1) is 12.7 Å². The number of esters is 1. The Balaban J connectivity index is 2.17. The molecule has 1 fully saturated rings. The van der Waals surface area contributed by atoms with Gasteiger partial charge in [-0.05, 0) is 25.8 Å². The number of amides is 1. The van der Waals surface area contributed by atoms with Crippen molar-refractivity contribution in [1.82, 2.24) is 0 Å². The monoisotopic (exact) mass is 324 g/mol. The first-order chi connectivity index (χ1) is 10.4. The highest BCUT2D eigenvalue weighted by Gasteiger charge is 2.32. The Labute approximate surface area is 132 Å². The van der Waals surface area contributed by atoms with E-state index in [1.807, 2.05) is 6.92 Å². The fraction of sp³-hybridized carbons (Fsp3) is 0.533.